The molecule has 1 amide bonds. The van der Waals surface area contributed by atoms with Gasteiger partial charge in [0.15, 0.2) is 0 Å². The number of nitriles is 1. The fourth-order valence-electron chi connectivity index (χ4n) is 5.66. The molecule has 1 saturated carbocycles. The topological polar surface area (TPSA) is 83.2 Å². The maximum Gasteiger partial charge on any atom is 0.410 e. The van der Waals surface area contributed by atoms with Crippen LogP contribution in [0.15, 0.2) is 24.5 Å². The molecule has 7 heteroatoms. The number of hydrogen-bond acceptors (Lipinski definition) is 5. The smallest absolute Gasteiger partial charge is 0.410 e. The van der Waals surface area contributed by atoms with Crippen molar-refractivity contribution in [2.24, 2.45) is 11.3 Å². The molecule has 7 nitrogen and oxygen atoms in total. The second-order valence-corrected chi connectivity index (χ2v) is 9.82. The SMILES string of the molecule is CC1(CN2C[C@@]3(CCC[C@H](Cn4cnc5ccc(C#N)cc54)C3)OC2=O)CCNC1. The number of benzene rings is 1. The molecule has 3 heterocycles. The average Bonchev–Trinajstić information content (AvgIpc) is 3.40. The summed E-state index contributed by atoms with van der Waals surface area (Å²) < 4.78 is 8.18. The lowest BCUT2D eigenvalue weighted by Crippen LogP contribution is -2.43. The van der Waals surface area contributed by atoms with Crippen LogP contribution in [0.3, 0.4) is 0 Å². The molecule has 158 valence electrons. The Labute approximate surface area is 177 Å². The molecular formula is C23H29N5O2. The van der Waals surface area contributed by atoms with Crippen molar-refractivity contribution < 1.29 is 9.53 Å². The highest BCUT2D eigenvalue weighted by atomic mass is 16.6. The van der Waals surface area contributed by atoms with Gasteiger partial charge in [-0.05, 0) is 68.2 Å². The van der Waals surface area contributed by atoms with Gasteiger partial charge in [0.1, 0.15) is 5.60 Å². The number of imidazole rings is 1. The summed E-state index contributed by atoms with van der Waals surface area (Å²) in [6, 6.07) is 7.84. The van der Waals surface area contributed by atoms with Gasteiger partial charge in [-0.3, -0.25) is 0 Å². The number of fused-ring (bicyclic) bond motifs is 1. The summed E-state index contributed by atoms with van der Waals surface area (Å²) in [4.78, 5) is 19.1. The number of ether oxygens (including phenoxy) is 1. The summed E-state index contributed by atoms with van der Waals surface area (Å²) in [7, 11) is 0. The van der Waals surface area contributed by atoms with Gasteiger partial charge in [-0.15, -0.1) is 0 Å². The van der Waals surface area contributed by atoms with E-state index in [1.807, 2.05) is 29.4 Å². The van der Waals surface area contributed by atoms with E-state index in [0.29, 0.717) is 18.0 Å². The number of carbonyl (C=O) groups is 1. The van der Waals surface area contributed by atoms with E-state index < -0.39 is 0 Å². The number of rotatable bonds is 4. The summed E-state index contributed by atoms with van der Waals surface area (Å²) in [6.07, 6.45) is 6.86. The van der Waals surface area contributed by atoms with Crippen LogP contribution in [-0.4, -0.2) is 52.3 Å². The van der Waals surface area contributed by atoms with Gasteiger partial charge in [0.05, 0.1) is 35.5 Å². The van der Waals surface area contributed by atoms with Crippen molar-refractivity contribution in [2.75, 3.05) is 26.2 Å². The average molecular weight is 408 g/mol. The predicted octanol–water partition coefficient (Wildman–Crippen LogP) is 3.29. The van der Waals surface area contributed by atoms with Crippen LogP contribution < -0.4 is 5.32 Å². The second-order valence-electron chi connectivity index (χ2n) is 9.82. The molecule has 0 radical (unpaired) electrons. The summed E-state index contributed by atoms with van der Waals surface area (Å²) in [5.74, 6) is 0.429. The quantitative estimate of drug-likeness (QED) is 0.841. The van der Waals surface area contributed by atoms with E-state index in [9.17, 15) is 10.1 Å². The van der Waals surface area contributed by atoms with Crippen LogP contribution in [0, 0.1) is 22.7 Å². The molecule has 2 saturated heterocycles. The molecule has 3 aliphatic rings. The zero-order valence-corrected chi connectivity index (χ0v) is 17.6. The first-order valence-corrected chi connectivity index (χ1v) is 11.0. The summed E-state index contributed by atoms with van der Waals surface area (Å²) in [5.41, 5.74) is 2.36. The molecule has 1 aromatic heterocycles. The van der Waals surface area contributed by atoms with Crippen molar-refractivity contribution in [3.63, 3.8) is 0 Å². The number of amides is 1. The highest BCUT2D eigenvalue weighted by Crippen LogP contribution is 2.41. The molecule has 0 bridgehead atoms. The first-order chi connectivity index (χ1) is 14.5. The van der Waals surface area contributed by atoms with E-state index in [0.717, 1.165) is 69.3 Å². The molecule has 30 heavy (non-hydrogen) atoms. The molecular weight excluding hydrogens is 378 g/mol. The van der Waals surface area contributed by atoms with Gasteiger partial charge < -0.3 is 19.5 Å². The number of aromatic nitrogens is 2. The monoisotopic (exact) mass is 407 g/mol. The lowest BCUT2D eigenvalue weighted by Gasteiger charge is -2.36. The molecule has 3 atom stereocenters. The van der Waals surface area contributed by atoms with E-state index in [2.05, 4.69) is 27.9 Å². The Morgan fingerprint density at radius 1 is 1.40 bits per heavy atom. The number of nitrogens with zero attached hydrogens (tertiary/aromatic N) is 4. The van der Waals surface area contributed by atoms with Crippen LogP contribution in [0.4, 0.5) is 4.79 Å². The highest BCUT2D eigenvalue weighted by Gasteiger charge is 2.49. The lowest BCUT2D eigenvalue weighted by molar-refractivity contribution is 0.00412. The molecule has 1 spiro atoms. The fourth-order valence-corrected chi connectivity index (χ4v) is 5.66. The molecule has 1 aliphatic carbocycles. The van der Waals surface area contributed by atoms with E-state index in [4.69, 9.17) is 4.74 Å². The number of nitrogens with one attached hydrogen (secondary N) is 1. The number of carbonyl (C=O) groups excluding carboxylic acids is 1. The minimum atomic E-state index is -0.351. The van der Waals surface area contributed by atoms with Crippen molar-refractivity contribution in [3.05, 3.63) is 30.1 Å². The van der Waals surface area contributed by atoms with Gasteiger partial charge in [-0.2, -0.15) is 5.26 Å². The van der Waals surface area contributed by atoms with Gasteiger partial charge >= 0.3 is 6.09 Å². The van der Waals surface area contributed by atoms with Gasteiger partial charge in [0.25, 0.3) is 0 Å². The fraction of sp³-hybridized carbons (Fsp3) is 0.609. The van der Waals surface area contributed by atoms with E-state index >= 15 is 0 Å². The standard InChI is InChI=1S/C23H29N5O2/c1-22(7-8-25-13-22)14-28-15-23(30-21(28)29)6-2-3-18(10-23)12-27-16-26-19-5-4-17(11-24)9-20(19)27/h4-5,9,16,18,25H,2-3,6-8,10,12-15H2,1H3/t18-,22?,23-/m0/s1. The summed E-state index contributed by atoms with van der Waals surface area (Å²) in [5, 5.41) is 12.6. The van der Waals surface area contributed by atoms with Gasteiger partial charge in [-0.1, -0.05) is 6.92 Å². The Hall–Kier alpha value is -2.59. The molecule has 1 N–H and O–H groups in total. The second kappa shape index (κ2) is 7.28. The summed E-state index contributed by atoms with van der Waals surface area (Å²) in [6.45, 7) is 6.57. The molecule has 1 unspecified atom stereocenters. The van der Waals surface area contributed by atoms with Gasteiger partial charge in [0, 0.05) is 19.6 Å². The Kier molecular flexibility index (Phi) is 4.70. The third-order valence-electron chi connectivity index (χ3n) is 7.18. The van der Waals surface area contributed by atoms with Crippen molar-refractivity contribution in [1.82, 2.24) is 19.8 Å². The number of hydrogen-bond donors (Lipinski definition) is 1. The molecule has 3 fully saturated rings. The first-order valence-electron chi connectivity index (χ1n) is 11.0. The van der Waals surface area contributed by atoms with Crippen molar-refractivity contribution >= 4 is 17.1 Å². The van der Waals surface area contributed by atoms with E-state index in [-0.39, 0.29) is 17.1 Å². The lowest BCUT2D eigenvalue weighted by atomic mass is 9.77. The Morgan fingerprint density at radius 3 is 3.10 bits per heavy atom. The maximum atomic E-state index is 12.7. The normalized spacial score (nSPS) is 31.4. The Bertz CT molecular complexity index is 1000. The minimum absolute atomic E-state index is 0.143. The third kappa shape index (κ3) is 3.54. The van der Waals surface area contributed by atoms with Crippen molar-refractivity contribution in [2.45, 2.75) is 51.2 Å². The van der Waals surface area contributed by atoms with E-state index in [1.165, 1.54) is 0 Å². The highest BCUT2D eigenvalue weighted by molar-refractivity contribution is 5.77. The largest absolute Gasteiger partial charge is 0.441 e. The van der Waals surface area contributed by atoms with Gasteiger partial charge in [-0.25, -0.2) is 9.78 Å². The van der Waals surface area contributed by atoms with Crippen LogP contribution >= 0.6 is 0 Å². The van der Waals surface area contributed by atoms with Gasteiger partial charge in [0.2, 0.25) is 0 Å². The van der Waals surface area contributed by atoms with Crippen LogP contribution in [0.1, 0.15) is 44.6 Å². The summed E-state index contributed by atoms with van der Waals surface area (Å²) >= 11 is 0. The van der Waals surface area contributed by atoms with Crippen LogP contribution in [0.2, 0.25) is 0 Å². The molecule has 2 aliphatic heterocycles. The Morgan fingerprint density at radius 2 is 2.30 bits per heavy atom. The van der Waals surface area contributed by atoms with Crippen LogP contribution in [-0.2, 0) is 11.3 Å². The Balaban J connectivity index is 1.29. The van der Waals surface area contributed by atoms with E-state index in [1.54, 1.807) is 0 Å². The van der Waals surface area contributed by atoms with Crippen molar-refractivity contribution in [1.29, 1.82) is 5.26 Å². The molecule has 2 aromatic rings. The van der Waals surface area contributed by atoms with Crippen LogP contribution in [0.5, 0.6) is 0 Å². The molecule has 1 aromatic carbocycles. The molecule has 5 rings (SSSR count). The predicted molar refractivity (Wildman–Crippen MR) is 113 cm³/mol. The first kappa shape index (κ1) is 19.4. The van der Waals surface area contributed by atoms with Crippen LogP contribution in [0.25, 0.3) is 11.0 Å². The zero-order valence-electron chi connectivity index (χ0n) is 17.6. The zero-order chi connectivity index (χ0) is 20.8. The minimum Gasteiger partial charge on any atom is -0.441 e. The van der Waals surface area contributed by atoms with Crippen molar-refractivity contribution in [3.8, 4) is 6.07 Å². The maximum absolute atomic E-state index is 12.7. The third-order valence-corrected chi connectivity index (χ3v) is 7.18.